The number of amides is 1. The number of nitrogens with zero attached hydrogens (tertiary/aromatic N) is 1. The number of halogens is 3. The van der Waals surface area contributed by atoms with Crippen LogP contribution in [0, 0.1) is 0 Å². The number of hydrogen-bond acceptors (Lipinski definition) is 5. The van der Waals surface area contributed by atoms with Gasteiger partial charge in [-0.1, -0.05) is 0 Å². The summed E-state index contributed by atoms with van der Waals surface area (Å²) in [6.07, 6.45) is -3.03. The molecule has 0 spiro atoms. The summed E-state index contributed by atoms with van der Waals surface area (Å²) in [4.78, 5) is 14.9. The summed E-state index contributed by atoms with van der Waals surface area (Å²) in [5.41, 5.74) is 0.190. The maximum Gasteiger partial charge on any atom is 0.573 e. The molecule has 2 heterocycles. The molecule has 1 aromatic carbocycles. The third kappa shape index (κ3) is 5.52. The van der Waals surface area contributed by atoms with Crippen LogP contribution in [0.3, 0.4) is 0 Å². The van der Waals surface area contributed by atoms with Crippen LogP contribution in [-0.4, -0.2) is 67.1 Å². The number of hydrogen-bond donors (Lipinski definition) is 1. The molecule has 0 atom stereocenters. The Labute approximate surface area is 160 Å². The lowest BCUT2D eigenvalue weighted by molar-refractivity contribution is -0.274. The highest BCUT2D eigenvalue weighted by Gasteiger charge is 2.39. The molecule has 1 amide bonds. The Bertz CT molecular complexity index is 628. The number of benzene rings is 1. The van der Waals surface area contributed by atoms with E-state index in [0.29, 0.717) is 25.3 Å². The van der Waals surface area contributed by atoms with Crippen molar-refractivity contribution in [3.05, 3.63) is 29.8 Å². The number of ether oxygens (including phenoxy) is 2. The van der Waals surface area contributed by atoms with Gasteiger partial charge in [0.05, 0.1) is 0 Å². The van der Waals surface area contributed by atoms with E-state index >= 15 is 0 Å². The number of alkyl halides is 3. The Morgan fingerprint density at radius 3 is 2.41 bits per heavy atom. The molecule has 5 nitrogen and oxygen atoms in total. The van der Waals surface area contributed by atoms with E-state index in [9.17, 15) is 18.0 Å². The number of carbonyl (C=O) groups excluding carboxylic acids is 1. The number of nitrogens with one attached hydrogen (secondary N) is 1. The average Bonchev–Trinajstić information content (AvgIpc) is 2.67. The first-order valence-corrected chi connectivity index (χ1v) is 10.1. The lowest BCUT2D eigenvalue weighted by atomic mass is 9.87. The van der Waals surface area contributed by atoms with Gasteiger partial charge in [-0.3, -0.25) is 9.69 Å². The Balaban J connectivity index is 1.62. The van der Waals surface area contributed by atoms with E-state index < -0.39 is 6.36 Å². The number of carbonyl (C=O) groups is 1. The minimum Gasteiger partial charge on any atom is -0.406 e. The van der Waals surface area contributed by atoms with Gasteiger partial charge in [-0.25, -0.2) is 0 Å². The predicted octanol–water partition coefficient (Wildman–Crippen LogP) is 2.91. The van der Waals surface area contributed by atoms with Crippen molar-refractivity contribution in [1.29, 1.82) is 0 Å². The lowest BCUT2D eigenvalue weighted by Crippen LogP contribution is -2.60. The molecule has 9 heteroatoms. The van der Waals surface area contributed by atoms with Gasteiger partial charge in [0.15, 0.2) is 0 Å². The molecule has 1 aromatic rings. The van der Waals surface area contributed by atoms with Gasteiger partial charge >= 0.3 is 6.36 Å². The van der Waals surface area contributed by atoms with Gasteiger partial charge in [0.25, 0.3) is 5.91 Å². The molecule has 27 heavy (non-hydrogen) atoms. The van der Waals surface area contributed by atoms with Crippen LogP contribution in [0.25, 0.3) is 0 Å². The molecular weight excluding hydrogens is 381 g/mol. The molecule has 2 aliphatic heterocycles. The van der Waals surface area contributed by atoms with Gasteiger partial charge in [-0.05, 0) is 37.1 Å². The van der Waals surface area contributed by atoms with Gasteiger partial charge in [0.2, 0.25) is 0 Å². The minimum absolute atomic E-state index is 0.117. The van der Waals surface area contributed by atoms with Crippen LogP contribution in [0.5, 0.6) is 5.75 Å². The van der Waals surface area contributed by atoms with Crippen molar-refractivity contribution in [3.63, 3.8) is 0 Å². The summed E-state index contributed by atoms with van der Waals surface area (Å²) in [5.74, 6) is 1.52. The summed E-state index contributed by atoms with van der Waals surface area (Å²) in [5, 5.41) is 2.97. The van der Waals surface area contributed by atoms with E-state index in [1.54, 1.807) is 0 Å². The number of rotatable bonds is 5. The normalized spacial score (nSPS) is 20.9. The van der Waals surface area contributed by atoms with Gasteiger partial charge in [-0.15, -0.1) is 13.2 Å². The fourth-order valence-electron chi connectivity index (χ4n) is 3.55. The molecule has 2 aliphatic rings. The van der Waals surface area contributed by atoms with Crippen molar-refractivity contribution in [2.45, 2.75) is 24.7 Å². The van der Waals surface area contributed by atoms with E-state index in [4.69, 9.17) is 4.74 Å². The Hall–Kier alpha value is -1.45. The summed E-state index contributed by atoms with van der Waals surface area (Å²) >= 11 is 1.94. The molecule has 0 radical (unpaired) electrons. The zero-order valence-corrected chi connectivity index (χ0v) is 15.7. The molecular formula is C18H23F3N2O3S. The second-order valence-corrected chi connectivity index (χ2v) is 7.92. The van der Waals surface area contributed by atoms with Crippen LogP contribution < -0.4 is 10.1 Å². The summed E-state index contributed by atoms with van der Waals surface area (Å²) < 4.78 is 46.0. The van der Waals surface area contributed by atoms with Crippen molar-refractivity contribution in [1.82, 2.24) is 10.2 Å². The highest BCUT2D eigenvalue weighted by molar-refractivity contribution is 7.99. The molecule has 0 unspecified atom stereocenters. The predicted molar refractivity (Wildman–Crippen MR) is 97.1 cm³/mol. The van der Waals surface area contributed by atoms with Crippen LogP contribution in [0.2, 0.25) is 0 Å². The van der Waals surface area contributed by atoms with E-state index in [-0.39, 0.29) is 17.2 Å². The van der Waals surface area contributed by atoms with Crippen LogP contribution in [0.4, 0.5) is 13.2 Å². The standard InChI is InChI=1S/C18H23F3N2O3S/c19-18(20,21)26-15-3-1-14(2-4-15)16(24)22-13-17(5-9-25-10-6-17)23-7-11-27-12-8-23/h1-4H,5-13H2,(H,22,24). The molecule has 0 aromatic heterocycles. The van der Waals surface area contributed by atoms with Crippen molar-refractivity contribution in [3.8, 4) is 5.75 Å². The van der Waals surface area contributed by atoms with Crippen molar-refractivity contribution < 1.29 is 27.4 Å². The van der Waals surface area contributed by atoms with Crippen LogP contribution in [-0.2, 0) is 4.74 Å². The fraction of sp³-hybridized carbons (Fsp3) is 0.611. The van der Waals surface area contributed by atoms with Crippen molar-refractivity contribution in [2.75, 3.05) is 44.4 Å². The highest BCUT2D eigenvalue weighted by atomic mass is 32.2. The summed E-state index contributed by atoms with van der Waals surface area (Å²) in [6, 6.07) is 4.97. The van der Waals surface area contributed by atoms with Crippen molar-refractivity contribution in [2.24, 2.45) is 0 Å². The van der Waals surface area contributed by atoms with E-state index in [0.717, 1.165) is 49.6 Å². The third-order valence-electron chi connectivity index (χ3n) is 5.03. The quantitative estimate of drug-likeness (QED) is 0.818. The summed E-state index contributed by atoms with van der Waals surface area (Å²) in [6.45, 7) is 3.82. The molecule has 1 N–H and O–H groups in total. The van der Waals surface area contributed by atoms with Gasteiger partial charge in [0.1, 0.15) is 5.75 Å². The molecule has 0 aliphatic carbocycles. The maximum absolute atomic E-state index is 12.5. The monoisotopic (exact) mass is 404 g/mol. The van der Waals surface area contributed by atoms with Crippen LogP contribution in [0.1, 0.15) is 23.2 Å². The molecule has 2 fully saturated rings. The molecule has 150 valence electrons. The smallest absolute Gasteiger partial charge is 0.406 e. The topological polar surface area (TPSA) is 50.8 Å². The van der Waals surface area contributed by atoms with Crippen LogP contribution in [0.15, 0.2) is 24.3 Å². The average molecular weight is 404 g/mol. The SMILES string of the molecule is O=C(NCC1(N2CCSCC2)CCOCC1)c1ccc(OC(F)(F)F)cc1. The first kappa shape index (κ1) is 20.3. The van der Waals surface area contributed by atoms with E-state index in [1.165, 1.54) is 12.1 Å². The highest BCUT2D eigenvalue weighted by Crippen LogP contribution is 2.30. The minimum atomic E-state index is -4.74. The maximum atomic E-state index is 12.5. The van der Waals surface area contributed by atoms with E-state index in [2.05, 4.69) is 15.0 Å². The Morgan fingerprint density at radius 1 is 1.19 bits per heavy atom. The zero-order chi connectivity index (χ0) is 19.3. The number of thioether (sulfide) groups is 1. The Morgan fingerprint density at radius 2 is 1.81 bits per heavy atom. The largest absolute Gasteiger partial charge is 0.573 e. The first-order valence-electron chi connectivity index (χ1n) is 8.93. The van der Waals surface area contributed by atoms with Crippen LogP contribution >= 0.6 is 11.8 Å². The van der Waals surface area contributed by atoms with Gasteiger partial charge < -0.3 is 14.8 Å². The van der Waals surface area contributed by atoms with Gasteiger partial charge in [-0.2, -0.15) is 11.8 Å². The molecule has 0 bridgehead atoms. The Kier molecular flexibility index (Phi) is 6.54. The first-order chi connectivity index (χ1) is 12.9. The fourth-order valence-corrected chi connectivity index (χ4v) is 4.45. The van der Waals surface area contributed by atoms with E-state index in [1.807, 2.05) is 11.8 Å². The second-order valence-electron chi connectivity index (χ2n) is 6.69. The molecule has 0 saturated carbocycles. The second kappa shape index (κ2) is 8.70. The van der Waals surface area contributed by atoms with Crippen molar-refractivity contribution >= 4 is 17.7 Å². The third-order valence-corrected chi connectivity index (χ3v) is 5.98. The molecule has 2 saturated heterocycles. The van der Waals surface area contributed by atoms with Gasteiger partial charge in [0, 0.05) is 55.5 Å². The zero-order valence-electron chi connectivity index (χ0n) is 14.9. The summed E-state index contributed by atoms with van der Waals surface area (Å²) in [7, 11) is 0. The molecule has 3 rings (SSSR count). The lowest BCUT2D eigenvalue weighted by Gasteiger charge is -2.48.